The number of fused-ring (bicyclic) bond motifs is 2. The molecule has 3 amide bonds. The lowest BCUT2D eigenvalue weighted by Crippen LogP contribution is -2.50. The first kappa shape index (κ1) is 18.4. The van der Waals surface area contributed by atoms with Crippen molar-refractivity contribution in [2.45, 2.75) is 50.7 Å². The lowest BCUT2D eigenvalue weighted by molar-refractivity contribution is -0.138. The second-order valence-corrected chi connectivity index (χ2v) is 8.64. The number of carbonyl (C=O) groups is 3. The number of amides is 3. The van der Waals surface area contributed by atoms with Gasteiger partial charge in [0, 0.05) is 37.9 Å². The van der Waals surface area contributed by atoms with E-state index in [-0.39, 0.29) is 17.7 Å². The molecule has 2 saturated heterocycles. The Kier molecular flexibility index (Phi) is 4.94. The van der Waals surface area contributed by atoms with Gasteiger partial charge in [-0.25, -0.2) is 0 Å². The Labute approximate surface area is 162 Å². The number of thiophene rings is 1. The molecule has 4 rings (SSSR count). The molecule has 0 aliphatic carbocycles. The van der Waals surface area contributed by atoms with Crippen molar-refractivity contribution in [1.29, 1.82) is 0 Å². The normalized spacial score (nSPS) is 24.3. The fourth-order valence-electron chi connectivity index (χ4n) is 4.26. The standard InChI is InChI=1S/C19H25N3O4S/c1-12(23)22-8-5-19(6-9-22)13-11-16(27-15(13)4-10-26-19)18(25)21-14-3-2-7-20-17(14)24/h11,14H,2-10H2,1H3,(H,20,24)(H,21,25). The van der Waals surface area contributed by atoms with Gasteiger partial charge in [0.25, 0.3) is 5.91 Å². The summed E-state index contributed by atoms with van der Waals surface area (Å²) in [5, 5.41) is 5.67. The summed E-state index contributed by atoms with van der Waals surface area (Å²) in [6, 6.07) is 1.49. The van der Waals surface area contributed by atoms with E-state index in [1.165, 1.54) is 16.2 Å². The Hall–Kier alpha value is -1.93. The van der Waals surface area contributed by atoms with Gasteiger partial charge in [-0.1, -0.05) is 0 Å². The zero-order valence-electron chi connectivity index (χ0n) is 15.5. The smallest absolute Gasteiger partial charge is 0.262 e. The number of likely N-dealkylation sites (tertiary alicyclic amines) is 1. The third kappa shape index (κ3) is 3.48. The molecule has 0 radical (unpaired) electrons. The van der Waals surface area contributed by atoms with E-state index < -0.39 is 11.6 Å². The average molecular weight is 391 g/mol. The lowest BCUT2D eigenvalue weighted by Gasteiger charge is -2.43. The first-order valence-electron chi connectivity index (χ1n) is 9.60. The quantitative estimate of drug-likeness (QED) is 0.792. The molecule has 2 fully saturated rings. The van der Waals surface area contributed by atoms with E-state index in [4.69, 9.17) is 4.74 Å². The number of piperidine rings is 2. The van der Waals surface area contributed by atoms with Crippen molar-refractivity contribution in [3.63, 3.8) is 0 Å². The first-order chi connectivity index (χ1) is 13.0. The topological polar surface area (TPSA) is 87.7 Å². The van der Waals surface area contributed by atoms with E-state index in [2.05, 4.69) is 10.6 Å². The number of hydrogen-bond acceptors (Lipinski definition) is 5. The van der Waals surface area contributed by atoms with E-state index >= 15 is 0 Å². The first-order valence-corrected chi connectivity index (χ1v) is 10.4. The summed E-state index contributed by atoms with van der Waals surface area (Å²) in [5.41, 5.74) is 0.705. The van der Waals surface area contributed by atoms with E-state index in [1.54, 1.807) is 6.92 Å². The van der Waals surface area contributed by atoms with Crippen LogP contribution in [0.1, 0.15) is 52.7 Å². The summed E-state index contributed by atoms with van der Waals surface area (Å²) in [6.07, 6.45) is 3.86. The van der Waals surface area contributed by atoms with Gasteiger partial charge in [0.1, 0.15) is 6.04 Å². The second-order valence-electron chi connectivity index (χ2n) is 7.51. The van der Waals surface area contributed by atoms with E-state index in [1.807, 2.05) is 11.0 Å². The van der Waals surface area contributed by atoms with Gasteiger partial charge in [-0.2, -0.15) is 0 Å². The van der Waals surface area contributed by atoms with Crippen molar-refractivity contribution in [3.8, 4) is 0 Å². The Bertz CT molecular complexity index is 767. The van der Waals surface area contributed by atoms with Crippen molar-refractivity contribution in [1.82, 2.24) is 15.5 Å². The van der Waals surface area contributed by atoms with Crippen molar-refractivity contribution < 1.29 is 19.1 Å². The largest absolute Gasteiger partial charge is 0.370 e. The molecule has 1 spiro atoms. The molecule has 0 aromatic carbocycles. The maximum absolute atomic E-state index is 12.7. The average Bonchev–Trinajstić information content (AvgIpc) is 3.10. The van der Waals surface area contributed by atoms with Crippen LogP contribution < -0.4 is 10.6 Å². The van der Waals surface area contributed by atoms with E-state index in [0.29, 0.717) is 37.5 Å². The summed E-state index contributed by atoms with van der Waals surface area (Å²) < 4.78 is 6.19. The van der Waals surface area contributed by atoms with Crippen LogP contribution in [-0.4, -0.2) is 54.9 Å². The van der Waals surface area contributed by atoms with Gasteiger partial charge in [0.15, 0.2) is 0 Å². The van der Waals surface area contributed by atoms with Crippen molar-refractivity contribution in [2.24, 2.45) is 0 Å². The SMILES string of the molecule is CC(=O)N1CCC2(CC1)OCCc1sc(C(=O)NC3CCCNC3=O)cc12. The van der Waals surface area contributed by atoms with Gasteiger partial charge < -0.3 is 20.3 Å². The predicted molar refractivity (Wildman–Crippen MR) is 101 cm³/mol. The summed E-state index contributed by atoms with van der Waals surface area (Å²) in [4.78, 5) is 39.9. The zero-order valence-corrected chi connectivity index (χ0v) is 16.3. The molecule has 27 heavy (non-hydrogen) atoms. The minimum Gasteiger partial charge on any atom is -0.370 e. The molecule has 1 unspecified atom stereocenters. The number of ether oxygens (including phenoxy) is 1. The molecule has 0 saturated carbocycles. The van der Waals surface area contributed by atoms with Crippen LogP contribution in [0.5, 0.6) is 0 Å². The van der Waals surface area contributed by atoms with Crippen LogP contribution in [0.3, 0.4) is 0 Å². The third-order valence-electron chi connectivity index (χ3n) is 5.84. The van der Waals surface area contributed by atoms with Gasteiger partial charge in [-0.05, 0) is 37.3 Å². The molecule has 7 nitrogen and oxygen atoms in total. The molecule has 146 valence electrons. The fraction of sp³-hybridized carbons (Fsp3) is 0.632. The van der Waals surface area contributed by atoms with Crippen LogP contribution in [0.25, 0.3) is 0 Å². The predicted octanol–water partition coefficient (Wildman–Crippen LogP) is 1.17. The summed E-state index contributed by atoms with van der Waals surface area (Å²) in [6.45, 7) is 4.26. The van der Waals surface area contributed by atoms with Crippen molar-refractivity contribution in [2.75, 3.05) is 26.2 Å². The lowest BCUT2D eigenvalue weighted by atomic mass is 9.82. The number of carbonyl (C=O) groups excluding carboxylic acids is 3. The monoisotopic (exact) mass is 391 g/mol. The number of nitrogens with one attached hydrogen (secondary N) is 2. The number of hydrogen-bond donors (Lipinski definition) is 2. The maximum atomic E-state index is 12.7. The highest BCUT2D eigenvalue weighted by atomic mass is 32.1. The summed E-state index contributed by atoms with van der Waals surface area (Å²) >= 11 is 1.50. The third-order valence-corrected chi connectivity index (χ3v) is 7.03. The van der Waals surface area contributed by atoms with E-state index in [0.717, 1.165) is 31.2 Å². The fourth-order valence-corrected chi connectivity index (χ4v) is 5.40. The van der Waals surface area contributed by atoms with Gasteiger partial charge in [0.05, 0.1) is 17.1 Å². The highest BCUT2D eigenvalue weighted by Gasteiger charge is 2.43. The number of nitrogens with zero attached hydrogens (tertiary/aromatic N) is 1. The van der Waals surface area contributed by atoms with Gasteiger partial charge in [0.2, 0.25) is 11.8 Å². The minimum atomic E-state index is -0.450. The molecule has 2 N–H and O–H groups in total. The Morgan fingerprint density at radius 2 is 2.15 bits per heavy atom. The molecule has 1 aromatic rings. The van der Waals surface area contributed by atoms with Crippen LogP contribution in [0.2, 0.25) is 0 Å². The molecule has 8 heteroatoms. The van der Waals surface area contributed by atoms with Gasteiger partial charge >= 0.3 is 0 Å². The second kappa shape index (κ2) is 7.24. The van der Waals surface area contributed by atoms with E-state index in [9.17, 15) is 14.4 Å². The molecular formula is C19H25N3O4S. The molecule has 4 heterocycles. The zero-order chi connectivity index (χ0) is 19.0. The minimum absolute atomic E-state index is 0.0945. The molecular weight excluding hydrogens is 366 g/mol. The molecule has 1 atom stereocenters. The molecule has 3 aliphatic heterocycles. The summed E-state index contributed by atoms with van der Waals surface area (Å²) in [5.74, 6) is -0.197. The van der Waals surface area contributed by atoms with Crippen LogP contribution in [0, 0.1) is 0 Å². The highest BCUT2D eigenvalue weighted by molar-refractivity contribution is 7.14. The van der Waals surface area contributed by atoms with Gasteiger partial charge in [-0.15, -0.1) is 11.3 Å². The Balaban J connectivity index is 1.52. The van der Waals surface area contributed by atoms with Crippen molar-refractivity contribution in [3.05, 3.63) is 21.4 Å². The molecule has 0 bridgehead atoms. The highest BCUT2D eigenvalue weighted by Crippen LogP contribution is 2.44. The maximum Gasteiger partial charge on any atom is 0.262 e. The Morgan fingerprint density at radius 1 is 1.37 bits per heavy atom. The number of rotatable bonds is 2. The summed E-state index contributed by atoms with van der Waals surface area (Å²) in [7, 11) is 0. The van der Waals surface area contributed by atoms with Crippen LogP contribution in [-0.2, 0) is 26.3 Å². The van der Waals surface area contributed by atoms with Crippen LogP contribution in [0.4, 0.5) is 0 Å². The Morgan fingerprint density at radius 3 is 2.85 bits per heavy atom. The van der Waals surface area contributed by atoms with Crippen LogP contribution in [0.15, 0.2) is 6.07 Å². The van der Waals surface area contributed by atoms with Crippen LogP contribution >= 0.6 is 11.3 Å². The van der Waals surface area contributed by atoms with Crippen molar-refractivity contribution >= 4 is 29.1 Å². The van der Waals surface area contributed by atoms with Gasteiger partial charge in [-0.3, -0.25) is 14.4 Å². The molecule has 3 aliphatic rings. The molecule has 1 aromatic heterocycles.